The molecule has 9 nitrogen and oxygen atoms in total. The fraction of sp³-hybridized carbons (Fsp3) is 0.474. The van der Waals surface area contributed by atoms with Crippen LogP contribution in [0.4, 0.5) is 16.4 Å². The number of anilines is 2. The van der Waals surface area contributed by atoms with Gasteiger partial charge in [-0.3, -0.25) is 5.10 Å². The quantitative estimate of drug-likeness (QED) is 0.534. The van der Waals surface area contributed by atoms with Gasteiger partial charge in [0.2, 0.25) is 0 Å². The number of amides is 1. The van der Waals surface area contributed by atoms with E-state index in [1.807, 2.05) is 19.1 Å². The number of fused-ring (bicyclic) bond motifs is 1. The molecule has 2 aliphatic carbocycles. The van der Waals surface area contributed by atoms with E-state index in [1.165, 1.54) is 0 Å². The van der Waals surface area contributed by atoms with Crippen LogP contribution in [-0.2, 0) is 4.74 Å². The molecule has 0 bridgehead atoms. The van der Waals surface area contributed by atoms with Gasteiger partial charge in [0, 0.05) is 23.2 Å². The van der Waals surface area contributed by atoms with E-state index in [0.717, 1.165) is 47.9 Å². The van der Waals surface area contributed by atoms with Gasteiger partial charge in [-0.2, -0.15) is 10.2 Å². The van der Waals surface area contributed by atoms with Crippen molar-refractivity contribution in [3.8, 4) is 0 Å². The summed E-state index contributed by atoms with van der Waals surface area (Å²) >= 11 is 3.43. The number of alkyl carbamates (subject to hydrolysis) is 1. The molecule has 3 heterocycles. The minimum absolute atomic E-state index is 0.0541. The first kappa shape index (κ1) is 18.4. The number of carbonyl (C=O) groups is 1. The van der Waals surface area contributed by atoms with Crippen molar-refractivity contribution in [1.82, 2.24) is 30.1 Å². The van der Waals surface area contributed by atoms with Gasteiger partial charge in [-0.05, 0) is 61.0 Å². The Morgan fingerprint density at radius 2 is 2.28 bits per heavy atom. The zero-order chi connectivity index (χ0) is 20.0. The predicted octanol–water partition coefficient (Wildman–Crippen LogP) is 3.87. The third kappa shape index (κ3) is 3.81. The van der Waals surface area contributed by atoms with Gasteiger partial charge >= 0.3 is 6.09 Å². The second-order valence-electron chi connectivity index (χ2n) is 8.11. The zero-order valence-electron chi connectivity index (χ0n) is 16.0. The number of aromatic amines is 1. The smallest absolute Gasteiger partial charge is 0.407 e. The summed E-state index contributed by atoms with van der Waals surface area (Å²) in [4.78, 5) is 16.5. The van der Waals surface area contributed by atoms with Gasteiger partial charge in [0.1, 0.15) is 16.2 Å². The Balaban J connectivity index is 1.22. The standard InChI is InChI=1S/C19H22BrN7O2/c1-19(5-6-19)24-18(28)29-12-3-2-11(8-12)13-9-16(26-25-13)23-17-14-4-7-22-27(14)15(20)10-21-17/h4,7,9-12H,2-3,5-6,8H2,1H3,(H,24,28)(H2,21,23,25,26). The first-order valence-electron chi connectivity index (χ1n) is 9.78. The summed E-state index contributed by atoms with van der Waals surface area (Å²) in [7, 11) is 0. The number of nitrogens with one attached hydrogen (secondary N) is 3. The first-order valence-corrected chi connectivity index (χ1v) is 10.6. The highest BCUT2D eigenvalue weighted by Gasteiger charge is 2.40. The van der Waals surface area contributed by atoms with Crippen LogP contribution >= 0.6 is 15.9 Å². The van der Waals surface area contributed by atoms with Gasteiger partial charge in [0.05, 0.1) is 12.4 Å². The normalized spacial score (nSPS) is 22.6. The maximum Gasteiger partial charge on any atom is 0.407 e. The molecule has 10 heteroatoms. The number of ether oxygens (including phenoxy) is 1. The highest BCUT2D eigenvalue weighted by Crippen LogP contribution is 2.37. The third-order valence-electron chi connectivity index (χ3n) is 5.73. The molecule has 0 saturated heterocycles. The van der Waals surface area contributed by atoms with E-state index in [9.17, 15) is 4.79 Å². The molecular weight excluding hydrogens is 438 g/mol. The Labute approximate surface area is 175 Å². The van der Waals surface area contributed by atoms with Crippen molar-refractivity contribution in [2.75, 3.05) is 5.32 Å². The molecule has 0 spiro atoms. The van der Waals surface area contributed by atoms with Gasteiger partial charge in [0.25, 0.3) is 0 Å². The van der Waals surface area contributed by atoms with Gasteiger partial charge in [0.15, 0.2) is 11.6 Å². The van der Waals surface area contributed by atoms with Gasteiger partial charge < -0.3 is 15.4 Å². The van der Waals surface area contributed by atoms with Crippen LogP contribution in [0.1, 0.15) is 50.6 Å². The fourth-order valence-corrected chi connectivity index (χ4v) is 4.17. The molecule has 2 fully saturated rings. The maximum atomic E-state index is 12.0. The van der Waals surface area contributed by atoms with Gasteiger partial charge in [-0.15, -0.1) is 0 Å². The molecule has 0 aliphatic heterocycles. The molecule has 3 N–H and O–H groups in total. The molecule has 152 valence electrons. The van der Waals surface area contributed by atoms with Crippen molar-refractivity contribution >= 4 is 39.2 Å². The van der Waals surface area contributed by atoms with Crippen molar-refractivity contribution in [2.45, 2.75) is 56.6 Å². The largest absolute Gasteiger partial charge is 0.446 e. The molecule has 5 rings (SSSR count). The average molecular weight is 460 g/mol. The number of nitrogens with zero attached hydrogens (tertiary/aromatic N) is 4. The Morgan fingerprint density at radius 3 is 3.10 bits per heavy atom. The monoisotopic (exact) mass is 459 g/mol. The van der Waals surface area contributed by atoms with Crippen LogP contribution in [0.15, 0.2) is 29.1 Å². The van der Waals surface area contributed by atoms with E-state index in [4.69, 9.17) is 4.74 Å². The number of carbonyl (C=O) groups excluding carboxylic acids is 1. The number of hydrogen-bond donors (Lipinski definition) is 3. The predicted molar refractivity (Wildman–Crippen MR) is 110 cm³/mol. The minimum Gasteiger partial charge on any atom is -0.446 e. The molecule has 0 radical (unpaired) electrons. The third-order valence-corrected chi connectivity index (χ3v) is 6.27. The summed E-state index contributed by atoms with van der Waals surface area (Å²) in [6, 6.07) is 3.88. The van der Waals surface area contributed by atoms with Crippen molar-refractivity contribution in [1.29, 1.82) is 0 Å². The van der Waals surface area contributed by atoms with Crippen LogP contribution in [0.25, 0.3) is 5.52 Å². The second-order valence-corrected chi connectivity index (χ2v) is 8.93. The van der Waals surface area contributed by atoms with Gasteiger partial charge in [-0.25, -0.2) is 14.3 Å². The summed E-state index contributed by atoms with van der Waals surface area (Å²) in [6.45, 7) is 2.04. The molecule has 1 amide bonds. The summed E-state index contributed by atoms with van der Waals surface area (Å²) < 4.78 is 8.15. The van der Waals surface area contributed by atoms with Crippen molar-refractivity contribution in [3.05, 3.63) is 34.8 Å². The summed E-state index contributed by atoms with van der Waals surface area (Å²) in [5.41, 5.74) is 1.84. The van der Waals surface area contributed by atoms with Crippen LogP contribution < -0.4 is 10.6 Å². The lowest BCUT2D eigenvalue weighted by Gasteiger charge is -2.16. The van der Waals surface area contributed by atoms with Crippen LogP contribution in [0.5, 0.6) is 0 Å². The molecule has 0 aromatic carbocycles. The van der Waals surface area contributed by atoms with E-state index in [1.54, 1.807) is 16.9 Å². The van der Waals surface area contributed by atoms with Crippen molar-refractivity contribution in [2.24, 2.45) is 0 Å². The Hall–Kier alpha value is -2.62. The second kappa shape index (κ2) is 7.01. The highest BCUT2D eigenvalue weighted by atomic mass is 79.9. The van der Waals surface area contributed by atoms with Crippen molar-refractivity contribution < 1.29 is 9.53 Å². The van der Waals surface area contributed by atoms with Crippen LogP contribution in [0.2, 0.25) is 0 Å². The van der Waals surface area contributed by atoms with E-state index in [2.05, 4.69) is 46.8 Å². The fourth-order valence-electron chi connectivity index (χ4n) is 3.79. The summed E-state index contributed by atoms with van der Waals surface area (Å²) in [6.07, 6.45) is 7.74. The Kier molecular flexibility index (Phi) is 4.45. The molecule has 3 aromatic rings. The molecule has 2 atom stereocenters. The SMILES string of the molecule is CC1(NC(=O)OC2CCC(c3cc(Nc4ncc(Br)n5nccc45)n[nH]3)C2)CC1. The van der Waals surface area contributed by atoms with E-state index in [0.29, 0.717) is 17.6 Å². The average Bonchev–Trinajstić information content (AvgIpc) is 3.15. The van der Waals surface area contributed by atoms with E-state index >= 15 is 0 Å². The van der Waals surface area contributed by atoms with E-state index in [-0.39, 0.29) is 17.7 Å². The van der Waals surface area contributed by atoms with Crippen LogP contribution in [0, 0.1) is 0 Å². The Bertz CT molecular complexity index is 1060. The topological polar surface area (TPSA) is 109 Å². The zero-order valence-corrected chi connectivity index (χ0v) is 17.6. The molecule has 3 aromatic heterocycles. The number of rotatable bonds is 5. The first-order chi connectivity index (χ1) is 14.0. The molecule has 2 saturated carbocycles. The Morgan fingerprint density at radius 1 is 1.41 bits per heavy atom. The number of aromatic nitrogens is 5. The highest BCUT2D eigenvalue weighted by molar-refractivity contribution is 9.10. The summed E-state index contributed by atoms with van der Waals surface area (Å²) in [5, 5.41) is 18.0. The maximum absolute atomic E-state index is 12.0. The lowest BCUT2D eigenvalue weighted by Crippen LogP contribution is -2.36. The molecular formula is C19H22BrN7O2. The number of H-pyrrole nitrogens is 1. The van der Waals surface area contributed by atoms with Crippen LogP contribution in [0.3, 0.4) is 0 Å². The van der Waals surface area contributed by atoms with E-state index < -0.39 is 0 Å². The van der Waals surface area contributed by atoms with Gasteiger partial charge in [-0.1, -0.05) is 0 Å². The van der Waals surface area contributed by atoms with Crippen LogP contribution in [-0.4, -0.2) is 42.5 Å². The lowest BCUT2D eigenvalue weighted by molar-refractivity contribution is 0.0967. The number of halogens is 1. The van der Waals surface area contributed by atoms with Crippen molar-refractivity contribution in [3.63, 3.8) is 0 Å². The molecule has 2 unspecified atom stereocenters. The molecule has 29 heavy (non-hydrogen) atoms. The number of hydrogen-bond acceptors (Lipinski definition) is 6. The summed E-state index contributed by atoms with van der Waals surface area (Å²) in [5.74, 6) is 1.67. The minimum atomic E-state index is -0.297. The lowest BCUT2D eigenvalue weighted by atomic mass is 10.0. The molecule has 2 aliphatic rings.